The summed E-state index contributed by atoms with van der Waals surface area (Å²) in [5.74, 6) is -1.55. The highest BCUT2D eigenvalue weighted by molar-refractivity contribution is 7.89. The summed E-state index contributed by atoms with van der Waals surface area (Å²) in [7, 11) is -3.85. The molecular formula is C20H20FN3O5S. The Labute approximate surface area is 172 Å². The van der Waals surface area contributed by atoms with Crippen molar-refractivity contribution in [2.75, 3.05) is 26.2 Å². The van der Waals surface area contributed by atoms with E-state index in [9.17, 15) is 22.4 Å². The number of carbonyl (C=O) groups excluding carboxylic acids is 1. The number of piperazine rings is 1. The first-order chi connectivity index (χ1) is 14.3. The van der Waals surface area contributed by atoms with Crippen molar-refractivity contribution in [3.8, 4) is 0 Å². The van der Waals surface area contributed by atoms with E-state index in [0.717, 1.165) is 6.07 Å². The maximum Gasteiger partial charge on any atom is 0.420 e. The maximum absolute atomic E-state index is 13.4. The molecule has 1 amide bonds. The Morgan fingerprint density at radius 2 is 1.77 bits per heavy atom. The molecule has 1 fully saturated rings. The molecular weight excluding hydrogens is 413 g/mol. The highest BCUT2D eigenvalue weighted by atomic mass is 32.2. The van der Waals surface area contributed by atoms with Gasteiger partial charge in [-0.2, -0.15) is 4.31 Å². The summed E-state index contributed by atoms with van der Waals surface area (Å²) in [6.45, 7) is 2.11. The highest BCUT2D eigenvalue weighted by Gasteiger charge is 2.33. The molecule has 2 heterocycles. The van der Waals surface area contributed by atoms with Gasteiger partial charge in [0.25, 0.3) is 0 Å². The second kappa shape index (κ2) is 7.69. The van der Waals surface area contributed by atoms with Crippen LogP contribution in [0.5, 0.6) is 0 Å². The van der Waals surface area contributed by atoms with Crippen LogP contribution in [-0.2, 0) is 14.8 Å². The molecule has 0 bridgehead atoms. The number of fused-ring (bicyclic) bond motifs is 1. The number of carbonyl (C=O) groups is 1. The van der Waals surface area contributed by atoms with Gasteiger partial charge in [0.15, 0.2) is 5.58 Å². The number of nitrogens with zero attached hydrogens (tertiary/aromatic N) is 3. The second-order valence-corrected chi connectivity index (χ2v) is 9.01. The zero-order valence-corrected chi connectivity index (χ0v) is 17.0. The fourth-order valence-electron chi connectivity index (χ4n) is 3.65. The smallest absolute Gasteiger partial charge is 0.408 e. The van der Waals surface area contributed by atoms with Crippen molar-refractivity contribution in [3.05, 3.63) is 64.9 Å². The van der Waals surface area contributed by atoms with Crippen LogP contribution in [0.2, 0.25) is 0 Å². The van der Waals surface area contributed by atoms with Crippen molar-refractivity contribution >= 4 is 27.0 Å². The van der Waals surface area contributed by atoms with E-state index >= 15 is 0 Å². The molecule has 2 aromatic carbocycles. The predicted octanol–water partition coefficient (Wildman–Crippen LogP) is 1.83. The lowest BCUT2D eigenvalue weighted by molar-refractivity contribution is -0.135. The van der Waals surface area contributed by atoms with Gasteiger partial charge in [0.05, 0.1) is 10.4 Å². The Morgan fingerprint density at radius 3 is 2.47 bits per heavy atom. The molecule has 10 heteroatoms. The predicted molar refractivity (Wildman–Crippen MR) is 107 cm³/mol. The summed E-state index contributed by atoms with van der Waals surface area (Å²) in [4.78, 5) is 26.6. The van der Waals surface area contributed by atoms with E-state index in [2.05, 4.69) is 0 Å². The Hall–Kier alpha value is -2.98. The Morgan fingerprint density at radius 1 is 1.07 bits per heavy atom. The van der Waals surface area contributed by atoms with Gasteiger partial charge in [0.2, 0.25) is 15.9 Å². The maximum atomic E-state index is 13.4. The van der Waals surface area contributed by atoms with E-state index in [0.29, 0.717) is 11.1 Å². The number of benzene rings is 2. The molecule has 1 aliphatic heterocycles. The average Bonchev–Trinajstić information content (AvgIpc) is 3.08. The summed E-state index contributed by atoms with van der Waals surface area (Å²) in [5, 5.41) is 0. The lowest BCUT2D eigenvalue weighted by Gasteiger charge is -2.35. The van der Waals surface area contributed by atoms with Gasteiger partial charge in [-0.3, -0.25) is 9.36 Å². The van der Waals surface area contributed by atoms with E-state index < -0.39 is 27.6 Å². The monoisotopic (exact) mass is 433 g/mol. The normalized spacial score (nSPS) is 16.7. The third kappa shape index (κ3) is 3.52. The van der Waals surface area contributed by atoms with E-state index in [1.165, 1.54) is 32.0 Å². The third-order valence-electron chi connectivity index (χ3n) is 5.25. The van der Waals surface area contributed by atoms with Gasteiger partial charge in [-0.15, -0.1) is 0 Å². The van der Waals surface area contributed by atoms with Gasteiger partial charge in [-0.25, -0.2) is 17.6 Å². The molecule has 8 nitrogen and oxygen atoms in total. The van der Waals surface area contributed by atoms with Gasteiger partial charge in [-0.1, -0.05) is 18.2 Å². The van der Waals surface area contributed by atoms with Crippen LogP contribution in [0.4, 0.5) is 4.39 Å². The van der Waals surface area contributed by atoms with Crippen LogP contribution in [0.25, 0.3) is 11.1 Å². The fraction of sp³-hybridized carbons (Fsp3) is 0.300. The first-order valence-electron chi connectivity index (χ1n) is 9.43. The molecule has 0 aliphatic carbocycles. The largest absolute Gasteiger partial charge is 0.420 e. The molecule has 0 radical (unpaired) electrons. The van der Waals surface area contributed by atoms with Crippen molar-refractivity contribution in [1.82, 2.24) is 13.8 Å². The number of aromatic nitrogens is 1. The standard InChI is InChI=1S/C20H20FN3O5S/c1-14(24-17-7-2-3-8-18(17)29-20(24)26)19(25)22-9-11-23(12-10-22)30(27,28)16-6-4-5-15(21)13-16/h2-8,13-14H,9-12H2,1H3. The molecule has 1 aromatic heterocycles. The highest BCUT2D eigenvalue weighted by Crippen LogP contribution is 2.21. The van der Waals surface area contributed by atoms with Crippen LogP contribution in [0.1, 0.15) is 13.0 Å². The summed E-state index contributed by atoms with van der Waals surface area (Å²) in [5.41, 5.74) is 0.920. The van der Waals surface area contributed by atoms with Crippen LogP contribution in [0.3, 0.4) is 0 Å². The van der Waals surface area contributed by atoms with Crippen molar-refractivity contribution < 1.29 is 22.0 Å². The molecule has 1 saturated heterocycles. The van der Waals surface area contributed by atoms with E-state index in [1.54, 1.807) is 31.2 Å². The van der Waals surface area contributed by atoms with E-state index in [-0.39, 0.29) is 37.0 Å². The van der Waals surface area contributed by atoms with Crippen LogP contribution >= 0.6 is 0 Å². The van der Waals surface area contributed by atoms with Crippen LogP contribution in [-0.4, -0.2) is 54.3 Å². The van der Waals surface area contributed by atoms with E-state index in [1.807, 2.05) is 0 Å². The number of hydrogen-bond donors (Lipinski definition) is 0. The number of oxazole rings is 1. The third-order valence-corrected chi connectivity index (χ3v) is 7.14. The molecule has 1 atom stereocenters. The SMILES string of the molecule is CC(C(=O)N1CCN(S(=O)(=O)c2cccc(F)c2)CC1)n1c(=O)oc2ccccc21. The molecule has 0 saturated carbocycles. The summed E-state index contributed by atoms with van der Waals surface area (Å²) in [6, 6.07) is 10.9. The molecule has 1 aliphatic rings. The first kappa shape index (κ1) is 20.3. The van der Waals surface area contributed by atoms with Gasteiger partial charge in [0, 0.05) is 26.2 Å². The summed E-state index contributed by atoms with van der Waals surface area (Å²) < 4.78 is 46.6. The van der Waals surface area contributed by atoms with Gasteiger partial charge < -0.3 is 9.32 Å². The number of para-hydroxylation sites is 2. The zero-order valence-electron chi connectivity index (χ0n) is 16.2. The minimum Gasteiger partial charge on any atom is -0.408 e. The van der Waals surface area contributed by atoms with Crippen LogP contribution in [0, 0.1) is 5.82 Å². The number of hydrogen-bond acceptors (Lipinski definition) is 5. The Bertz CT molecular complexity index is 1260. The molecule has 0 spiro atoms. The average molecular weight is 433 g/mol. The number of amides is 1. The van der Waals surface area contributed by atoms with Crippen molar-refractivity contribution in [2.45, 2.75) is 17.9 Å². The Kier molecular flexibility index (Phi) is 5.20. The summed E-state index contributed by atoms with van der Waals surface area (Å²) >= 11 is 0. The second-order valence-electron chi connectivity index (χ2n) is 7.07. The Balaban J connectivity index is 1.49. The number of halogens is 1. The molecule has 0 N–H and O–H groups in total. The number of rotatable bonds is 4. The van der Waals surface area contributed by atoms with Gasteiger partial charge in [0.1, 0.15) is 11.9 Å². The zero-order chi connectivity index (χ0) is 21.5. The minimum atomic E-state index is -3.85. The molecule has 158 valence electrons. The van der Waals surface area contributed by atoms with Crippen molar-refractivity contribution in [1.29, 1.82) is 0 Å². The molecule has 4 rings (SSSR count). The van der Waals surface area contributed by atoms with Gasteiger partial charge in [-0.05, 0) is 37.3 Å². The minimum absolute atomic E-state index is 0.0817. The van der Waals surface area contributed by atoms with Crippen molar-refractivity contribution in [2.24, 2.45) is 0 Å². The number of sulfonamides is 1. The topological polar surface area (TPSA) is 92.8 Å². The van der Waals surface area contributed by atoms with Crippen LogP contribution in [0.15, 0.2) is 62.6 Å². The quantitative estimate of drug-likeness (QED) is 0.626. The van der Waals surface area contributed by atoms with E-state index in [4.69, 9.17) is 4.42 Å². The van der Waals surface area contributed by atoms with Crippen LogP contribution < -0.4 is 5.76 Å². The lowest BCUT2D eigenvalue weighted by Crippen LogP contribution is -2.52. The van der Waals surface area contributed by atoms with Crippen molar-refractivity contribution in [3.63, 3.8) is 0 Å². The fourth-order valence-corrected chi connectivity index (χ4v) is 5.11. The molecule has 1 unspecified atom stereocenters. The summed E-state index contributed by atoms with van der Waals surface area (Å²) in [6.07, 6.45) is 0. The molecule has 3 aromatic rings. The first-order valence-corrected chi connectivity index (χ1v) is 10.9. The van der Waals surface area contributed by atoms with Gasteiger partial charge >= 0.3 is 5.76 Å². The lowest BCUT2D eigenvalue weighted by atomic mass is 10.2. The molecule has 30 heavy (non-hydrogen) atoms.